The Morgan fingerprint density at radius 2 is 1.69 bits per heavy atom. The number of anilines is 1. The minimum absolute atomic E-state index is 0.0872. The third-order valence-corrected chi connectivity index (χ3v) is 7.57. The van der Waals surface area contributed by atoms with Gasteiger partial charge in [0.05, 0.1) is 11.4 Å². The summed E-state index contributed by atoms with van der Waals surface area (Å²) in [4.78, 5) is 42.0. The summed E-state index contributed by atoms with van der Waals surface area (Å²) in [6, 6.07) is 17.6. The van der Waals surface area contributed by atoms with E-state index < -0.39 is 5.82 Å². The van der Waals surface area contributed by atoms with Crippen LogP contribution in [-0.4, -0.2) is 73.6 Å². The number of rotatable bonds is 4. The molecule has 0 spiro atoms. The van der Waals surface area contributed by atoms with E-state index in [2.05, 4.69) is 33.8 Å². The Balaban J connectivity index is 1.53. The van der Waals surface area contributed by atoms with Crippen LogP contribution in [0.1, 0.15) is 58.3 Å². The smallest absolute Gasteiger partial charge is 0.293 e. The summed E-state index contributed by atoms with van der Waals surface area (Å²) in [5.74, 6) is -0.421. The lowest BCUT2D eigenvalue weighted by Crippen LogP contribution is -2.41. The van der Waals surface area contributed by atoms with Crippen molar-refractivity contribution in [3.05, 3.63) is 101 Å². The molecule has 0 aliphatic carbocycles. The van der Waals surface area contributed by atoms with Gasteiger partial charge in [-0.2, -0.15) is 0 Å². The number of amides is 2. The molecule has 10 heteroatoms. The first-order valence-corrected chi connectivity index (χ1v) is 14.3. The molecule has 4 aromatic rings. The maximum absolute atomic E-state index is 14.7. The van der Waals surface area contributed by atoms with Crippen molar-refractivity contribution in [2.24, 2.45) is 0 Å². The van der Waals surface area contributed by atoms with Gasteiger partial charge in [0, 0.05) is 45.0 Å². The summed E-state index contributed by atoms with van der Waals surface area (Å²) in [6.07, 6.45) is 2.24. The van der Waals surface area contributed by atoms with E-state index in [-0.39, 0.29) is 35.9 Å². The zero-order chi connectivity index (χ0) is 29.8. The number of halogens is 1. The molecule has 0 bridgehead atoms. The second-order valence-electron chi connectivity index (χ2n) is 10.9. The van der Waals surface area contributed by atoms with Crippen molar-refractivity contribution in [2.45, 2.75) is 46.7 Å². The van der Waals surface area contributed by atoms with Crippen molar-refractivity contribution in [3.8, 4) is 5.69 Å². The molecule has 218 valence electrons. The topological polar surface area (TPSA) is 87.5 Å². The van der Waals surface area contributed by atoms with Gasteiger partial charge in [0.25, 0.3) is 11.8 Å². The van der Waals surface area contributed by atoms with Gasteiger partial charge >= 0.3 is 0 Å². The summed E-state index contributed by atoms with van der Waals surface area (Å²) >= 11 is 0. The molecule has 0 unspecified atom stereocenters. The molecule has 0 saturated carbocycles. The van der Waals surface area contributed by atoms with Crippen LogP contribution in [0.3, 0.4) is 0 Å². The van der Waals surface area contributed by atoms with Crippen LogP contribution in [0.2, 0.25) is 0 Å². The Hall–Kier alpha value is -4.44. The van der Waals surface area contributed by atoms with Gasteiger partial charge < -0.3 is 9.80 Å². The third kappa shape index (κ3) is 6.38. The maximum Gasteiger partial charge on any atom is 0.293 e. The third-order valence-electron chi connectivity index (χ3n) is 7.57. The number of carbonyl (C=O) groups is 2. The van der Waals surface area contributed by atoms with Gasteiger partial charge in [-0.25, -0.2) is 14.1 Å². The lowest BCUT2D eigenvalue weighted by molar-refractivity contribution is 0.0699. The molecule has 1 aliphatic heterocycles. The van der Waals surface area contributed by atoms with E-state index in [1.165, 1.54) is 12.1 Å². The van der Waals surface area contributed by atoms with E-state index in [0.29, 0.717) is 49.7 Å². The Kier molecular flexibility index (Phi) is 8.72. The zero-order valence-electron chi connectivity index (χ0n) is 24.5. The zero-order valence-corrected chi connectivity index (χ0v) is 24.5. The highest BCUT2D eigenvalue weighted by atomic mass is 19.1. The van der Waals surface area contributed by atoms with Gasteiger partial charge in [0.1, 0.15) is 17.3 Å². The van der Waals surface area contributed by atoms with Crippen LogP contribution in [0.15, 0.2) is 66.9 Å². The van der Waals surface area contributed by atoms with Crippen LogP contribution >= 0.6 is 0 Å². The molecule has 42 heavy (non-hydrogen) atoms. The molecule has 1 aliphatic rings. The average molecular weight is 570 g/mol. The Morgan fingerprint density at radius 3 is 2.40 bits per heavy atom. The Labute approximate surface area is 245 Å². The predicted octanol–water partition coefficient (Wildman–Crippen LogP) is 4.82. The number of benzene rings is 2. The van der Waals surface area contributed by atoms with Gasteiger partial charge in [0.15, 0.2) is 0 Å². The summed E-state index contributed by atoms with van der Waals surface area (Å²) in [7, 11) is 0. The normalized spacial score (nSPS) is 14.9. The number of hydrogen-bond acceptors (Lipinski definition) is 6. The molecular formula is C32H36FN7O2. The standard InChI is InChI=1S/C32H36FN7O2/c1-22(2)37-16-7-17-39(31(41)28-8-5-6-15-34-28)29-20-26(33)12-11-25(29)21-38(19-18-37)32(42)30-35-24(4)40(36-30)27-13-9-23(3)10-14-27/h5-6,8-15,20,22H,7,16-19,21H2,1-4H3. The van der Waals surface area contributed by atoms with Crippen molar-refractivity contribution in [3.63, 3.8) is 0 Å². The first-order valence-electron chi connectivity index (χ1n) is 14.3. The van der Waals surface area contributed by atoms with E-state index >= 15 is 0 Å². The number of aryl methyl sites for hydroxylation is 2. The van der Waals surface area contributed by atoms with Crippen molar-refractivity contribution in [1.82, 2.24) is 29.5 Å². The SMILES string of the molecule is Cc1ccc(-n2nc(C(=O)N3CCN(C(C)C)CCCN(C(=O)c4ccccn4)c4cc(F)ccc4C3)nc2C)cc1. The Morgan fingerprint density at radius 1 is 0.905 bits per heavy atom. The quantitative estimate of drug-likeness (QED) is 0.350. The number of fused-ring (bicyclic) bond motifs is 1. The minimum Gasteiger partial charge on any atom is -0.330 e. The van der Waals surface area contributed by atoms with E-state index in [1.807, 2.05) is 38.1 Å². The number of aromatic nitrogens is 4. The molecular weight excluding hydrogens is 533 g/mol. The van der Waals surface area contributed by atoms with Crippen molar-refractivity contribution in [2.75, 3.05) is 31.1 Å². The predicted molar refractivity (Wildman–Crippen MR) is 159 cm³/mol. The minimum atomic E-state index is -0.460. The van der Waals surface area contributed by atoms with Gasteiger partial charge in [-0.3, -0.25) is 19.5 Å². The molecule has 0 radical (unpaired) electrons. The lowest BCUT2D eigenvalue weighted by atomic mass is 10.1. The molecule has 3 heterocycles. The molecule has 2 aromatic heterocycles. The van der Waals surface area contributed by atoms with Crippen LogP contribution in [0.5, 0.6) is 0 Å². The van der Waals surface area contributed by atoms with Crippen LogP contribution in [0.4, 0.5) is 10.1 Å². The van der Waals surface area contributed by atoms with Crippen molar-refractivity contribution < 1.29 is 14.0 Å². The van der Waals surface area contributed by atoms with Crippen LogP contribution in [-0.2, 0) is 6.54 Å². The first-order chi connectivity index (χ1) is 20.2. The van der Waals surface area contributed by atoms with Crippen LogP contribution in [0.25, 0.3) is 5.69 Å². The first kappa shape index (κ1) is 29.1. The molecule has 2 aromatic carbocycles. The van der Waals surface area contributed by atoms with Crippen molar-refractivity contribution in [1.29, 1.82) is 0 Å². The summed E-state index contributed by atoms with van der Waals surface area (Å²) in [6.45, 7) is 10.3. The highest BCUT2D eigenvalue weighted by Crippen LogP contribution is 2.27. The monoisotopic (exact) mass is 569 g/mol. The molecule has 2 amide bonds. The number of pyridine rings is 1. The molecule has 0 saturated heterocycles. The lowest BCUT2D eigenvalue weighted by Gasteiger charge is -2.29. The van der Waals surface area contributed by atoms with E-state index in [4.69, 9.17) is 0 Å². The average Bonchev–Trinajstić information content (AvgIpc) is 3.36. The highest BCUT2D eigenvalue weighted by molar-refractivity contribution is 6.05. The van der Waals surface area contributed by atoms with Gasteiger partial charge in [-0.15, -0.1) is 5.10 Å². The fourth-order valence-electron chi connectivity index (χ4n) is 5.20. The summed E-state index contributed by atoms with van der Waals surface area (Å²) in [5, 5.41) is 4.57. The molecule has 0 atom stereocenters. The van der Waals surface area contributed by atoms with Crippen LogP contribution in [0, 0.1) is 19.7 Å². The molecule has 9 nitrogen and oxygen atoms in total. The molecule has 5 rings (SSSR count). The second-order valence-corrected chi connectivity index (χ2v) is 10.9. The largest absolute Gasteiger partial charge is 0.330 e. The van der Waals surface area contributed by atoms with Gasteiger partial charge in [-0.05, 0) is 76.1 Å². The van der Waals surface area contributed by atoms with E-state index in [1.54, 1.807) is 44.9 Å². The molecule has 0 fully saturated rings. The van der Waals surface area contributed by atoms with Gasteiger partial charge in [-0.1, -0.05) is 29.8 Å². The highest BCUT2D eigenvalue weighted by Gasteiger charge is 2.28. The fraction of sp³-hybridized carbons (Fsp3) is 0.344. The number of hydrogen-bond donors (Lipinski definition) is 0. The second kappa shape index (κ2) is 12.6. The number of carbonyl (C=O) groups excluding carboxylic acids is 2. The Bertz CT molecular complexity index is 1550. The van der Waals surface area contributed by atoms with E-state index in [9.17, 15) is 14.0 Å². The summed E-state index contributed by atoms with van der Waals surface area (Å²) < 4.78 is 16.3. The molecule has 0 N–H and O–H groups in total. The number of nitrogens with zero attached hydrogens (tertiary/aromatic N) is 7. The van der Waals surface area contributed by atoms with E-state index in [0.717, 1.165) is 11.3 Å². The summed E-state index contributed by atoms with van der Waals surface area (Å²) in [5.41, 5.74) is 3.30. The van der Waals surface area contributed by atoms with Crippen molar-refractivity contribution >= 4 is 17.5 Å². The maximum atomic E-state index is 14.7. The fourth-order valence-corrected chi connectivity index (χ4v) is 5.20. The van der Waals surface area contributed by atoms with Crippen LogP contribution < -0.4 is 4.90 Å². The van der Waals surface area contributed by atoms with Gasteiger partial charge in [0.2, 0.25) is 5.82 Å².